The lowest BCUT2D eigenvalue weighted by molar-refractivity contribution is 0.375. The zero-order valence-electron chi connectivity index (χ0n) is 9.42. The SMILES string of the molecule is O=P(O)(O)CCSCc1ccccc1.O=[P+](O)O. The van der Waals surface area contributed by atoms with Crippen LogP contribution in [0.1, 0.15) is 5.56 Å². The van der Waals surface area contributed by atoms with Crippen LogP contribution in [0.15, 0.2) is 30.3 Å². The third-order valence-electron chi connectivity index (χ3n) is 1.64. The summed E-state index contributed by atoms with van der Waals surface area (Å²) in [4.78, 5) is 31.5. The average Bonchev–Trinajstić information content (AvgIpc) is 2.24. The fourth-order valence-electron chi connectivity index (χ4n) is 0.948. The van der Waals surface area contributed by atoms with E-state index in [4.69, 9.17) is 24.1 Å². The predicted octanol–water partition coefficient (Wildman–Crippen LogP) is 1.73. The molecule has 0 fully saturated rings. The molecule has 0 aliphatic rings. The van der Waals surface area contributed by atoms with Crippen molar-refractivity contribution in [1.82, 2.24) is 0 Å². The lowest BCUT2D eigenvalue weighted by Gasteiger charge is -2.03. The molecule has 0 saturated carbocycles. The van der Waals surface area contributed by atoms with Gasteiger partial charge in [-0.25, -0.2) is 0 Å². The van der Waals surface area contributed by atoms with Gasteiger partial charge >= 0.3 is 15.9 Å². The first kappa shape index (κ1) is 17.7. The van der Waals surface area contributed by atoms with Crippen molar-refractivity contribution in [2.24, 2.45) is 0 Å². The Kier molecular flexibility index (Phi) is 9.50. The number of benzene rings is 1. The summed E-state index contributed by atoms with van der Waals surface area (Å²) >= 11 is 1.54. The third-order valence-corrected chi connectivity index (χ3v) is 3.78. The lowest BCUT2D eigenvalue weighted by Crippen LogP contribution is -1.91. The van der Waals surface area contributed by atoms with Gasteiger partial charge in [-0.1, -0.05) is 30.3 Å². The van der Waals surface area contributed by atoms with E-state index >= 15 is 0 Å². The van der Waals surface area contributed by atoms with Crippen LogP contribution in [0, 0.1) is 0 Å². The molecule has 0 amide bonds. The lowest BCUT2D eigenvalue weighted by atomic mass is 10.2. The molecular weight excluding hydrogens is 298 g/mol. The number of hydrogen-bond donors (Lipinski definition) is 4. The standard InChI is InChI=1S/C9H13O3PS.HO3P/c10-13(11,12)6-7-14-8-9-4-2-1-3-5-9;1-4(2)3/h1-5H,6-8H2,(H2,10,11,12);(H-,1,2,3)/p+1. The van der Waals surface area contributed by atoms with Gasteiger partial charge in [0.2, 0.25) is 0 Å². The second kappa shape index (κ2) is 9.64. The van der Waals surface area contributed by atoms with Crippen molar-refractivity contribution >= 4 is 27.6 Å². The Balaban J connectivity index is 0.000000631. The molecule has 1 aromatic rings. The monoisotopic (exact) mass is 313 g/mol. The molecule has 102 valence electrons. The molecule has 0 atom stereocenters. The Morgan fingerprint density at radius 2 is 1.67 bits per heavy atom. The molecule has 0 bridgehead atoms. The van der Waals surface area contributed by atoms with Crippen LogP contribution in [0.2, 0.25) is 0 Å². The predicted molar refractivity (Wildman–Crippen MR) is 71.6 cm³/mol. The minimum Gasteiger partial charge on any atom is -0.324 e. The van der Waals surface area contributed by atoms with Crippen LogP contribution in [-0.2, 0) is 14.9 Å². The highest BCUT2D eigenvalue weighted by molar-refractivity contribution is 7.98. The van der Waals surface area contributed by atoms with Crippen molar-refractivity contribution in [1.29, 1.82) is 0 Å². The summed E-state index contributed by atoms with van der Waals surface area (Å²) in [6.45, 7) is 0. The number of thioether (sulfide) groups is 1. The normalized spacial score (nSPS) is 10.4. The molecule has 9 heteroatoms. The minimum atomic E-state index is -3.81. The first-order valence-electron chi connectivity index (χ1n) is 4.82. The maximum absolute atomic E-state index is 10.5. The van der Waals surface area contributed by atoms with E-state index in [1.807, 2.05) is 30.3 Å². The van der Waals surface area contributed by atoms with Gasteiger partial charge in [0.25, 0.3) is 0 Å². The van der Waals surface area contributed by atoms with Crippen LogP contribution in [0.5, 0.6) is 0 Å². The van der Waals surface area contributed by atoms with Crippen LogP contribution < -0.4 is 0 Å². The first-order valence-corrected chi connectivity index (χ1v) is 8.94. The third kappa shape index (κ3) is 13.8. The van der Waals surface area contributed by atoms with Gasteiger partial charge in [0.05, 0.1) is 6.16 Å². The summed E-state index contributed by atoms with van der Waals surface area (Å²) in [6, 6.07) is 9.87. The average molecular weight is 313 g/mol. The van der Waals surface area contributed by atoms with Crippen molar-refractivity contribution in [3.8, 4) is 0 Å². The molecule has 18 heavy (non-hydrogen) atoms. The van der Waals surface area contributed by atoms with Crippen LogP contribution >= 0.6 is 27.6 Å². The molecule has 0 saturated heterocycles. The van der Waals surface area contributed by atoms with E-state index in [1.165, 1.54) is 5.56 Å². The summed E-state index contributed by atoms with van der Waals surface area (Å²) in [7, 11) is -6.68. The highest BCUT2D eigenvalue weighted by Gasteiger charge is 2.11. The Hall–Kier alpha value is -0.260. The molecule has 1 aromatic carbocycles. The molecule has 4 N–H and O–H groups in total. The molecule has 0 spiro atoms. The Morgan fingerprint density at radius 3 is 2.11 bits per heavy atom. The fourth-order valence-corrected chi connectivity index (χ4v) is 2.99. The van der Waals surface area contributed by atoms with Crippen molar-refractivity contribution in [2.75, 3.05) is 11.9 Å². The molecule has 0 unspecified atom stereocenters. The van der Waals surface area contributed by atoms with Gasteiger partial charge < -0.3 is 9.79 Å². The summed E-state index contributed by atoms with van der Waals surface area (Å²) in [5.74, 6) is 1.31. The van der Waals surface area contributed by atoms with Crippen molar-refractivity contribution in [3.63, 3.8) is 0 Å². The van der Waals surface area contributed by atoms with Crippen LogP contribution in [0.3, 0.4) is 0 Å². The van der Waals surface area contributed by atoms with E-state index in [2.05, 4.69) is 0 Å². The second-order valence-corrected chi connectivity index (χ2v) is 6.57. The maximum Gasteiger partial charge on any atom is 0.692 e. The highest BCUT2D eigenvalue weighted by Crippen LogP contribution is 2.35. The van der Waals surface area contributed by atoms with Gasteiger partial charge in [-0.2, -0.15) is 11.8 Å². The van der Waals surface area contributed by atoms with E-state index in [1.54, 1.807) is 11.8 Å². The number of rotatable bonds is 5. The second-order valence-electron chi connectivity index (χ2n) is 3.18. The fraction of sp³-hybridized carbons (Fsp3) is 0.333. The van der Waals surface area contributed by atoms with Crippen LogP contribution in [0.4, 0.5) is 0 Å². The quantitative estimate of drug-likeness (QED) is 0.483. The van der Waals surface area contributed by atoms with E-state index in [-0.39, 0.29) is 6.16 Å². The van der Waals surface area contributed by atoms with E-state index in [0.29, 0.717) is 5.75 Å². The molecule has 0 aliphatic heterocycles. The summed E-state index contributed by atoms with van der Waals surface area (Å²) in [5, 5.41) is 0. The summed E-state index contributed by atoms with van der Waals surface area (Å²) in [5.41, 5.74) is 1.18. The van der Waals surface area contributed by atoms with Gasteiger partial charge in [-0.3, -0.25) is 4.57 Å². The minimum absolute atomic E-state index is 0.0372. The Labute approximate surface area is 110 Å². The van der Waals surface area contributed by atoms with Gasteiger partial charge in [-0.15, -0.1) is 9.79 Å². The molecule has 1 rings (SSSR count). The van der Waals surface area contributed by atoms with E-state index in [9.17, 15) is 4.57 Å². The van der Waals surface area contributed by atoms with Gasteiger partial charge in [0, 0.05) is 16.1 Å². The summed E-state index contributed by atoms with van der Waals surface area (Å²) in [6.07, 6.45) is -0.0372. The Bertz CT molecular complexity index is 389. The van der Waals surface area contributed by atoms with E-state index < -0.39 is 15.9 Å². The van der Waals surface area contributed by atoms with Crippen LogP contribution in [0.25, 0.3) is 0 Å². The topological polar surface area (TPSA) is 115 Å². The molecule has 0 radical (unpaired) electrons. The van der Waals surface area contributed by atoms with Crippen molar-refractivity contribution < 1.29 is 28.7 Å². The molecule has 0 aromatic heterocycles. The van der Waals surface area contributed by atoms with E-state index in [0.717, 1.165) is 5.75 Å². The van der Waals surface area contributed by atoms with Gasteiger partial charge in [0.15, 0.2) is 0 Å². The molecular formula is C9H15O6P2S+. The smallest absolute Gasteiger partial charge is 0.324 e. The largest absolute Gasteiger partial charge is 0.692 e. The Morgan fingerprint density at radius 1 is 1.17 bits per heavy atom. The van der Waals surface area contributed by atoms with Crippen LogP contribution in [-0.4, -0.2) is 31.5 Å². The van der Waals surface area contributed by atoms with Gasteiger partial charge in [-0.05, 0) is 5.56 Å². The maximum atomic E-state index is 10.5. The molecule has 6 nitrogen and oxygen atoms in total. The van der Waals surface area contributed by atoms with Crippen molar-refractivity contribution in [2.45, 2.75) is 5.75 Å². The highest BCUT2D eigenvalue weighted by atomic mass is 32.2. The zero-order chi connectivity index (χ0) is 14.0. The zero-order valence-corrected chi connectivity index (χ0v) is 12.0. The summed E-state index contributed by atoms with van der Waals surface area (Å²) < 4.78 is 19.2. The van der Waals surface area contributed by atoms with Crippen molar-refractivity contribution in [3.05, 3.63) is 35.9 Å². The molecule has 0 heterocycles. The van der Waals surface area contributed by atoms with Gasteiger partial charge in [0.1, 0.15) is 0 Å². The molecule has 0 aliphatic carbocycles. The first-order chi connectivity index (χ1) is 8.31. The number of hydrogen-bond acceptors (Lipinski definition) is 3.